The second-order valence-corrected chi connectivity index (χ2v) is 8.24. The molecule has 0 aromatic heterocycles. The van der Waals surface area contributed by atoms with Gasteiger partial charge in [0.2, 0.25) is 15.9 Å². The van der Waals surface area contributed by atoms with Crippen LogP contribution in [0, 0.1) is 6.92 Å². The van der Waals surface area contributed by atoms with Crippen molar-refractivity contribution in [2.24, 2.45) is 5.10 Å². The third-order valence-corrected chi connectivity index (χ3v) is 4.82. The zero-order valence-corrected chi connectivity index (χ0v) is 15.7. The summed E-state index contributed by atoms with van der Waals surface area (Å²) < 4.78 is 25.0. The lowest BCUT2D eigenvalue weighted by Crippen LogP contribution is -2.24. The molecule has 3 rings (SSSR count). The minimum absolute atomic E-state index is 0.110. The van der Waals surface area contributed by atoms with Crippen molar-refractivity contribution in [2.75, 3.05) is 11.0 Å². The summed E-state index contributed by atoms with van der Waals surface area (Å²) in [6.45, 7) is 3.53. The minimum Gasteiger partial charge on any atom is -0.284 e. The average Bonchev–Trinajstić information content (AvgIpc) is 3.00. The van der Waals surface area contributed by atoms with Crippen LogP contribution in [0.5, 0.6) is 0 Å². The average molecular weight is 371 g/mol. The van der Waals surface area contributed by atoms with Gasteiger partial charge in [0.1, 0.15) is 0 Å². The van der Waals surface area contributed by atoms with Crippen LogP contribution in [0.4, 0.5) is 5.69 Å². The molecule has 1 heterocycles. The molecular weight excluding hydrogens is 350 g/mol. The van der Waals surface area contributed by atoms with Crippen LogP contribution in [-0.2, 0) is 14.8 Å². The maximum Gasteiger partial charge on any atom is 0.240 e. The molecule has 0 saturated heterocycles. The summed E-state index contributed by atoms with van der Waals surface area (Å²) >= 11 is 0. The van der Waals surface area contributed by atoms with E-state index in [-0.39, 0.29) is 11.9 Å². The Hall–Kier alpha value is -2.67. The van der Waals surface area contributed by atoms with Crippen LogP contribution in [0.25, 0.3) is 0 Å². The third-order valence-electron chi connectivity index (χ3n) is 4.22. The Kier molecular flexibility index (Phi) is 4.82. The van der Waals surface area contributed by atoms with E-state index in [1.807, 2.05) is 43.3 Å². The van der Waals surface area contributed by atoms with Crippen LogP contribution in [-0.4, -0.2) is 31.3 Å². The maximum atomic E-state index is 12.0. The standard InChI is InChI=1S/C19H21N3O3S/c1-13-4-6-16(7-5-13)19-12-18(20-22(19)14(2)23)15-8-10-17(11-9-15)21-26(3,24)25/h4-11,19,21H,12H2,1-3H3/t19-/m1/s1. The second-order valence-electron chi connectivity index (χ2n) is 6.49. The summed E-state index contributed by atoms with van der Waals surface area (Å²) in [4.78, 5) is 12.0. The van der Waals surface area contributed by atoms with E-state index in [0.29, 0.717) is 12.1 Å². The lowest BCUT2D eigenvalue weighted by molar-refractivity contribution is -0.130. The van der Waals surface area contributed by atoms with E-state index in [1.165, 1.54) is 11.9 Å². The van der Waals surface area contributed by atoms with Crippen molar-refractivity contribution in [3.8, 4) is 0 Å². The first-order chi connectivity index (χ1) is 12.2. The van der Waals surface area contributed by atoms with Gasteiger partial charge in [-0.15, -0.1) is 0 Å². The number of amides is 1. The molecule has 7 heteroatoms. The van der Waals surface area contributed by atoms with Gasteiger partial charge in [0.05, 0.1) is 18.0 Å². The zero-order valence-electron chi connectivity index (χ0n) is 14.9. The molecule has 136 valence electrons. The predicted octanol–water partition coefficient (Wildman–Crippen LogP) is 3.06. The number of carbonyl (C=O) groups excluding carboxylic acids is 1. The Morgan fingerprint density at radius 2 is 1.73 bits per heavy atom. The van der Waals surface area contributed by atoms with Crippen molar-refractivity contribution in [3.63, 3.8) is 0 Å². The number of anilines is 1. The van der Waals surface area contributed by atoms with Crippen LogP contribution in [0.15, 0.2) is 53.6 Å². The molecular formula is C19H21N3O3S. The number of carbonyl (C=O) groups is 1. The van der Waals surface area contributed by atoms with Crippen molar-refractivity contribution in [3.05, 3.63) is 65.2 Å². The fourth-order valence-corrected chi connectivity index (χ4v) is 3.53. The maximum absolute atomic E-state index is 12.0. The highest BCUT2D eigenvalue weighted by atomic mass is 32.2. The molecule has 0 spiro atoms. The van der Waals surface area contributed by atoms with Crippen molar-refractivity contribution < 1.29 is 13.2 Å². The molecule has 1 amide bonds. The van der Waals surface area contributed by atoms with Crippen LogP contribution in [0.1, 0.15) is 36.1 Å². The Labute approximate surface area is 153 Å². The Bertz CT molecular complexity index is 949. The van der Waals surface area contributed by atoms with Gasteiger partial charge in [-0.3, -0.25) is 9.52 Å². The molecule has 0 saturated carbocycles. The van der Waals surface area contributed by atoms with Gasteiger partial charge in [-0.25, -0.2) is 13.4 Å². The van der Waals surface area contributed by atoms with Gasteiger partial charge in [-0.05, 0) is 30.2 Å². The molecule has 2 aromatic carbocycles. The summed E-state index contributed by atoms with van der Waals surface area (Å²) in [6, 6.07) is 15.0. The smallest absolute Gasteiger partial charge is 0.240 e. The molecule has 0 radical (unpaired) electrons. The van der Waals surface area contributed by atoms with Gasteiger partial charge in [-0.1, -0.05) is 42.0 Å². The van der Waals surface area contributed by atoms with Crippen LogP contribution < -0.4 is 4.72 Å². The van der Waals surface area contributed by atoms with E-state index in [1.54, 1.807) is 12.1 Å². The van der Waals surface area contributed by atoms with Gasteiger partial charge in [0.15, 0.2) is 0 Å². The Morgan fingerprint density at radius 1 is 1.12 bits per heavy atom. The molecule has 0 bridgehead atoms. The number of aryl methyl sites for hydroxylation is 1. The molecule has 6 nitrogen and oxygen atoms in total. The number of benzene rings is 2. The summed E-state index contributed by atoms with van der Waals surface area (Å²) in [5.41, 5.74) is 4.37. The highest BCUT2D eigenvalue weighted by molar-refractivity contribution is 7.92. The fraction of sp³-hybridized carbons (Fsp3) is 0.263. The molecule has 26 heavy (non-hydrogen) atoms. The fourth-order valence-electron chi connectivity index (χ4n) is 2.97. The van der Waals surface area contributed by atoms with Gasteiger partial charge in [0, 0.05) is 19.0 Å². The van der Waals surface area contributed by atoms with E-state index in [2.05, 4.69) is 9.82 Å². The first-order valence-electron chi connectivity index (χ1n) is 8.25. The number of hydrogen-bond acceptors (Lipinski definition) is 4. The second kappa shape index (κ2) is 6.92. The van der Waals surface area contributed by atoms with Gasteiger partial charge in [0.25, 0.3) is 0 Å². The summed E-state index contributed by atoms with van der Waals surface area (Å²) in [6.07, 6.45) is 1.72. The lowest BCUT2D eigenvalue weighted by atomic mass is 9.97. The quantitative estimate of drug-likeness (QED) is 0.897. The van der Waals surface area contributed by atoms with Crippen LogP contribution in [0.3, 0.4) is 0 Å². The molecule has 2 aromatic rings. The minimum atomic E-state index is -3.31. The highest BCUT2D eigenvalue weighted by Crippen LogP contribution is 2.33. The molecule has 1 N–H and O–H groups in total. The molecule has 0 unspecified atom stereocenters. The van der Waals surface area contributed by atoms with Crippen molar-refractivity contribution in [1.29, 1.82) is 0 Å². The van der Waals surface area contributed by atoms with Crippen LogP contribution >= 0.6 is 0 Å². The SMILES string of the molecule is CC(=O)N1N=C(c2ccc(NS(C)(=O)=O)cc2)C[C@@H]1c1ccc(C)cc1. The monoisotopic (exact) mass is 371 g/mol. The number of nitrogens with one attached hydrogen (secondary N) is 1. The molecule has 1 aliphatic rings. The van der Waals surface area contributed by atoms with E-state index >= 15 is 0 Å². The number of hydrazone groups is 1. The molecule has 1 atom stereocenters. The Morgan fingerprint density at radius 3 is 2.27 bits per heavy atom. The van der Waals surface area contributed by atoms with Gasteiger partial charge in [-0.2, -0.15) is 5.10 Å². The summed E-state index contributed by atoms with van der Waals surface area (Å²) in [5, 5.41) is 6.02. The topological polar surface area (TPSA) is 78.8 Å². The summed E-state index contributed by atoms with van der Waals surface area (Å²) in [5.74, 6) is -0.110. The van der Waals surface area contributed by atoms with E-state index in [4.69, 9.17) is 0 Å². The third kappa shape index (κ3) is 4.11. The van der Waals surface area contributed by atoms with Crippen molar-refractivity contribution >= 4 is 27.3 Å². The number of rotatable bonds is 4. The van der Waals surface area contributed by atoms with E-state index in [0.717, 1.165) is 28.7 Å². The highest BCUT2D eigenvalue weighted by Gasteiger charge is 2.31. The van der Waals surface area contributed by atoms with Crippen molar-refractivity contribution in [1.82, 2.24) is 5.01 Å². The number of sulfonamides is 1. The normalized spacial score (nSPS) is 17.1. The lowest BCUT2D eigenvalue weighted by Gasteiger charge is -2.20. The van der Waals surface area contributed by atoms with Crippen molar-refractivity contribution in [2.45, 2.75) is 26.3 Å². The summed E-state index contributed by atoms with van der Waals surface area (Å²) in [7, 11) is -3.31. The molecule has 0 aliphatic carbocycles. The zero-order chi connectivity index (χ0) is 18.9. The molecule has 0 fully saturated rings. The number of hydrogen-bond donors (Lipinski definition) is 1. The molecule has 1 aliphatic heterocycles. The van der Waals surface area contributed by atoms with Crippen LogP contribution in [0.2, 0.25) is 0 Å². The van der Waals surface area contributed by atoms with Gasteiger partial charge >= 0.3 is 0 Å². The first-order valence-corrected chi connectivity index (χ1v) is 10.1. The first kappa shape index (κ1) is 18.1. The Balaban J connectivity index is 1.85. The van der Waals surface area contributed by atoms with E-state index in [9.17, 15) is 13.2 Å². The largest absolute Gasteiger partial charge is 0.284 e. The predicted molar refractivity (Wildman–Crippen MR) is 103 cm³/mol. The van der Waals surface area contributed by atoms with E-state index < -0.39 is 10.0 Å². The van der Waals surface area contributed by atoms with Gasteiger partial charge < -0.3 is 0 Å². The number of nitrogens with zero attached hydrogens (tertiary/aromatic N) is 2.